The Morgan fingerprint density at radius 1 is 1.18 bits per heavy atom. The Morgan fingerprint density at radius 3 is 2.52 bits per heavy atom. The first-order valence-electron chi connectivity index (χ1n) is 11.1. The predicted octanol–water partition coefficient (Wildman–Crippen LogP) is 3.72. The summed E-state index contributed by atoms with van der Waals surface area (Å²) in [5, 5.41) is 0. The van der Waals surface area contributed by atoms with E-state index in [1.165, 1.54) is 18.2 Å². The molecule has 0 N–H and O–H groups in total. The van der Waals surface area contributed by atoms with Crippen LogP contribution < -0.4 is 9.47 Å². The van der Waals surface area contributed by atoms with Crippen LogP contribution in [0.3, 0.4) is 0 Å². The number of ketones is 1. The topological polar surface area (TPSA) is 98.7 Å². The number of piperidine rings is 1. The highest BCUT2D eigenvalue weighted by Crippen LogP contribution is 2.28. The zero-order chi connectivity index (χ0) is 24.0. The summed E-state index contributed by atoms with van der Waals surface area (Å²) in [6, 6.07) is 4.93. The maximum atomic E-state index is 14.3. The van der Waals surface area contributed by atoms with Gasteiger partial charge < -0.3 is 9.47 Å². The number of Topliss-reactive ketones (excluding diaryl/α,β-unsaturated/α-hetero) is 1. The van der Waals surface area contributed by atoms with Crippen molar-refractivity contribution < 1.29 is 27.1 Å². The highest BCUT2D eigenvalue weighted by atomic mass is 32.2. The van der Waals surface area contributed by atoms with Gasteiger partial charge in [0.2, 0.25) is 11.8 Å². The number of hydrogen-bond acceptors (Lipinski definition) is 8. The van der Waals surface area contributed by atoms with Crippen LogP contribution in [0, 0.1) is 12.7 Å². The molecule has 2 aromatic rings. The first-order valence-corrected chi connectivity index (χ1v) is 13.0. The molecule has 1 saturated heterocycles. The zero-order valence-corrected chi connectivity index (χ0v) is 20.0. The van der Waals surface area contributed by atoms with Gasteiger partial charge in [0, 0.05) is 25.8 Å². The normalized spacial score (nSPS) is 15.4. The molecule has 2 heterocycles. The van der Waals surface area contributed by atoms with Crippen LogP contribution in [-0.4, -0.2) is 61.1 Å². The molecule has 0 saturated carbocycles. The molecule has 0 aliphatic carbocycles. The van der Waals surface area contributed by atoms with Crippen LogP contribution in [0.1, 0.15) is 44.9 Å². The number of carbonyl (C=O) groups excluding carboxylic acids is 1. The third-order valence-corrected chi connectivity index (χ3v) is 6.48. The van der Waals surface area contributed by atoms with E-state index < -0.39 is 15.7 Å². The molecule has 1 fully saturated rings. The molecule has 0 unspecified atom stereocenters. The van der Waals surface area contributed by atoms with Crippen LogP contribution in [0.5, 0.6) is 17.5 Å². The Kier molecular flexibility index (Phi) is 8.36. The van der Waals surface area contributed by atoms with Crippen molar-refractivity contribution in [3.05, 3.63) is 35.9 Å². The average molecular weight is 480 g/mol. The van der Waals surface area contributed by atoms with Gasteiger partial charge in [-0.05, 0) is 44.4 Å². The van der Waals surface area contributed by atoms with Crippen molar-refractivity contribution >= 4 is 15.6 Å². The first-order chi connectivity index (χ1) is 15.6. The van der Waals surface area contributed by atoms with E-state index in [2.05, 4.69) is 21.8 Å². The van der Waals surface area contributed by atoms with Crippen molar-refractivity contribution in [2.24, 2.45) is 0 Å². The maximum Gasteiger partial charge on any atom is 0.226 e. The molecule has 8 nitrogen and oxygen atoms in total. The van der Waals surface area contributed by atoms with E-state index >= 15 is 0 Å². The third kappa shape index (κ3) is 7.46. The number of ether oxygens (including phenoxy) is 2. The molecule has 3 rings (SSSR count). The van der Waals surface area contributed by atoms with Crippen LogP contribution >= 0.6 is 0 Å². The molecular weight excluding hydrogens is 449 g/mol. The molecule has 0 atom stereocenters. The van der Waals surface area contributed by atoms with Gasteiger partial charge in [-0.3, -0.25) is 9.69 Å². The van der Waals surface area contributed by atoms with E-state index in [1.54, 1.807) is 6.92 Å². The van der Waals surface area contributed by atoms with E-state index in [4.69, 9.17) is 9.47 Å². The van der Waals surface area contributed by atoms with Crippen molar-refractivity contribution in [2.75, 3.05) is 25.9 Å². The number of halogens is 1. The summed E-state index contributed by atoms with van der Waals surface area (Å²) >= 11 is 0. The number of nitrogens with zero attached hydrogens (tertiary/aromatic N) is 3. The highest BCUT2D eigenvalue weighted by molar-refractivity contribution is 7.90. The number of sulfone groups is 1. The van der Waals surface area contributed by atoms with Crippen molar-refractivity contribution in [2.45, 2.75) is 57.0 Å². The second-order valence-corrected chi connectivity index (χ2v) is 10.3. The van der Waals surface area contributed by atoms with Gasteiger partial charge in [0.25, 0.3) is 0 Å². The summed E-state index contributed by atoms with van der Waals surface area (Å²) < 4.78 is 49.1. The molecule has 10 heteroatoms. The number of aryl methyl sites for hydroxylation is 1. The molecule has 1 aromatic carbocycles. The Morgan fingerprint density at radius 2 is 1.88 bits per heavy atom. The summed E-state index contributed by atoms with van der Waals surface area (Å²) in [7, 11) is -3.52. The molecule has 0 spiro atoms. The smallest absolute Gasteiger partial charge is 0.226 e. The predicted molar refractivity (Wildman–Crippen MR) is 121 cm³/mol. The number of unbranched alkanes of at least 4 members (excludes halogenated alkanes) is 1. The van der Waals surface area contributed by atoms with Gasteiger partial charge in [0.05, 0.1) is 17.5 Å². The summed E-state index contributed by atoms with van der Waals surface area (Å²) in [6.07, 6.45) is 5.07. The number of likely N-dealkylation sites (tertiary alicyclic amines) is 1. The molecular formula is C23H30FN3O5S. The Labute approximate surface area is 194 Å². The van der Waals surface area contributed by atoms with Crippen molar-refractivity contribution in [3.63, 3.8) is 0 Å². The standard InChI is InChI=1S/C23H30FN3O5S/c1-4-5-6-17(28)15-27-11-9-18(10-12-27)31-22-14-23(26-16(2)25-22)32-21-8-7-19(13-20(21)24)33(3,29)30/h7-8,13-14,18H,4-6,9-12,15H2,1-3H3. The lowest BCUT2D eigenvalue weighted by atomic mass is 10.1. The van der Waals surface area contributed by atoms with Gasteiger partial charge in [-0.25, -0.2) is 12.8 Å². The van der Waals surface area contributed by atoms with E-state index in [-0.39, 0.29) is 28.4 Å². The SMILES string of the molecule is CCCCC(=O)CN1CCC(Oc2cc(Oc3ccc(S(C)(=O)=O)cc3F)nc(C)n2)CC1. The third-order valence-electron chi connectivity index (χ3n) is 5.37. The van der Waals surface area contributed by atoms with Gasteiger partial charge in [-0.1, -0.05) is 13.3 Å². The van der Waals surface area contributed by atoms with Crippen molar-refractivity contribution in [1.29, 1.82) is 0 Å². The first kappa shape index (κ1) is 25.0. The fourth-order valence-electron chi connectivity index (χ4n) is 3.59. The van der Waals surface area contributed by atoms with Crippen molar-refractivity contribution in [3.8, 4) is 17.5 Å². The number of aromatic nitrogens is 2. The maximum absolute atomic E-state index is 14.3. The lowest BCUT2D eigenvalue weighted by Crippen LogP contribution is -2.40. The van der Waals surface area contributed by atoms with Crippen LogP contribution in [-0.2, 0) is 14.6 Å². The lowest BCUT2D eigenvalue weighted by Gasteiger charge is -2.31. The molecule has 1 aliphatic rings. The Balaban J connectivity index is 1.59. The minimum Gasteiger partial charge on any atom is -0.474 e. The number of carbonyl (C=O) groups is 1. The van der Waals surface area contributed by atoms with E-state index in [1.807, 2.05) is 0 Å². The molecule has 0 bridgehead atoms. The van der Waals surface area contributed by atoms with E-state index in [9.17, 15) is 17.6 Å². The van der Waals surface area contributed by atoms with E-state index in [0.717, 1.165) is 51.1 Å². The fraction of sp³-hybridized carbons (Fsp3) is 0.522. The lowest BCUT2D eigenvalue weighted by molar-refractivity contribution is -0.120. The quantitative estimate of drug-likeness (QED) is 0.508. The largest absolute Gasteiger partial charge is 0.474 e. The molecule has 1 aliphatic heterocycles. The summed E-state index contributed by atoms with van der Waals surface area (Å²) in [5.41, 5.74) is 0. The second-order valence-electron chi connectivity index (χ2n) is 8.29. The van der Waals surface area contributed by atoms with Gasteiger partial charge in [0.1, 0.15) is 17.7 Å². The Hall–Kier alpha value is -2.59. The molecule has 0 amide bonds. The summed E-state index contributed by atoms with van der Waals surface area (Å²) in [6.45, 7) is 5.78. The highest BCUT2D eigenvalue weighted by Gasteiger charge is 2.23. The number of hydrogen-bond donors (Lipinski definition) is 0. The average Bonchev–Trinajstić information content (AvgIpc) is 2.74. The summed E-state index contributed by atoms with van der Waals surface area (Å²) in [5.74, 6) is 0.145. The fourth-order valence-corrected chi connectivity index (χ4v) is 4.23. The van der Waals surface area contributed by atoms with Gasteiger partial charge in [-0.15, -0.1) is 0 Å². The van der Waals surface area contributed by atoms with E-state index in [0.29, 0.717) is 24.7 Å². The zero-order valence-electron chi connectivity index (χ0n) is 19.2. The van der Waals surface area contributed by atoms with Gasteiger partial charge in [0.15, 0.2) is 21.4 Å². The van der Waals surface area contributed by atoms with Crippen molar-refractivity contribution in [1.82, 2.24) is 14.9 Å². The van der Waals surface area contributed by atoms with Gasteiger partial charge in [-0.2, -0.15) is 9.97 Å². The minimum absolute atomic E-state index is 0.0556. The van der Waals surface area contributed by atoms with Crippen LogP contribution in [0.15, 0.2) is 29.2 Å². The second kappa shape index (κ2) is 11.0. The molecule has 0 radical (unpaired) electrons. The minimum atomic E-state index is -3.52. The Bertz CT molecular complexity index is 1090. The van der Waals surface area contributed by atoms with Crippen LogP contribution in [0.25, 0.3) is 0 Å². The van der Waals surface area contributed by atoms with Crippen LogP contribution in [0.2, 0.25) is 0 Å². The molecule has 33 heavy (non-hydrogen) atoms. The summed E-state index contributed by atoms with van der Waals surface area (Å²) in [4.78, 5) is 22.5. The number of rotatable bonds is 10. The molecule has 1 aromatic heterocycles. The van der Waals surface area contributed by atoms with Gasteiger partial charge >= 0.3 is 0 Å². The molecule has 180 valence electrons. The monoisotopic (exact) mass is 479 g/mol. The number of benzene rings is 1. The van der Waals surface area contributed by atoms with Crippen LogP contribution in [0.4, 0.5) is 4.39 Å².